The molecule has 7 heteroatoms. The highest BCUT2D eigenvalue weighted by Crippen LogP contribution is 2.20. The Bertz CT molecular complexity index is 449. The Morgan fingerprint density at radius 3 is 2.67 bits per heavy atom. The zero-order valence-corrected chi connectivity index (χ0v) is 9.35. The molecule has 0 aromatic heterocycles. The molecule has 0 radical (unpaired) electrons. The van der Waals surface area contributed by atoms with E-state index in [-0.39, 0.29) is 30.0 Å². The van der Waals surface area contributed by atoms with Crippen LogP contribution in [0, 0.1) is 0 Å². The number of carboxylic acids is 1. The summed E-state index contributed by atoms with van der Waals surface area (Å²) in [5.74, 6) is -1.53. The van der Waals surface area contributed by atoms with E-state index in [0.717, 1.165) is 6.07 Å². The molecule has 0 bridgehead atoms. The number of phenols is 1. The lowest BCUT2D eigenvalue weighted by Crippen LogP contribution is -2.15. The van der Waals surface area contributed by atoms with Crippen LogP contribution in [0.1, 0.15) is 16.8 Å². The summed E-state index contributed by atoms with van der Waals surface area (Å²) in [6.45, 7) is -0.671. The van der Waals surface area contributed by atoms with Crippen LogP contribution in [0.15, 0.2) is 18.2 Å². The van der Waals surface area contributed by atoms with E-state index in [4.69, 9.17) is 5.11 Å². The Morgan fingerprint density at radius 2 is 2.06 bits per heavy atom. The maximum atomic E-state index is 11.8. The summed E-state index contributed by atoms with van der Waals surface area (Å²) in [6.07, 6.45) is -0.751. The number of alkyl halides is 1. The molecule has 3 N–H and O–H groups in total. The van der Waals surface area contributed by atoms with Gasteiger partial charge in [-0.05, 0) is 12.1 Å². The molecular weight excluding hydrogens is 245 g/mol. The van der Waals surface area contributed by atoms with Crippen molar-refractivity contribution in [1.82, 2.24) is 0 Å². The van der Waals surface area contributed by atoms with E-state index in [0.29, 0.717) is 0 Å². The fourth-order valence-electron chi connectivity index (χ4n) is 1.18. The molecule has 1 rings (SSSR count). The maximum absolute atomic E-state index is 11.8. The number of phenolic OH excluding ortho intramolecular Hbond substituents is 1. The number of hydrogen-bond donors (Lipinski definition) is 3. The van der Waals surface area contributed by atoms with Crippen LogP contribution >= 0.6 is 0 Å². The second-order valence-electron chi connectivity index (χ2n) is 3.38. The molecule has 0 aliphatic rings. The number of ether oxygens (including phenoxy) is 1. The zero-order valence-electron chi connectivity index (χ0n) is 9.35. The summed E-state index contributed by atoms with van der Waals surface area (Å²) >= 11 is 0. The number of amides is 1. The molecule has 0 fully saturated rings. The summed E-state index contributed by atoms with van der Waals surface area (Å²) in [7, 11) is 0. The van der Waals surface area contributed by atoms with Crippen molar-refractivity contribution in [2.75, 3.05) is 18.6 Å². The van der Waals surface area contributed by atoms with Gasteiger partial charge in [-0.2, -0.15) is 0 Å². The second kappa shape index (κ2) is 6.43. The molecular formula is C11H12FNO5. The Morgan fingerprint density at radius 1 is 1.33 bits per heavy atom. The van der Waals surface area contributed by atoms with Gasteiger partial charge in [0.25, 0.3) is 0 Å². The van der Waals surface area contributed by atoms with Crippen LogP contribution in [-0.4, -0.2) is 35.6 Å². The highest BCUT2D eigenvalue weighted by molar-refractivity contribution is 5.92. The third-order valence-corrected chi connectivity index (χ3v) is 1.92. The van der Waals surface area contributed by atoms with Gasteiger partial charge in [0.2, 0.25) is 0 Å². The van der Waals surface area contributed by atoms with Gasteiger partial charge in [-0.25, -0.2) is 9.59 Å². The number of carboxylic acid groups (broad SMARTS) is 1. The number of nitrogens with one attached hydrogen (secondary N) is 1. The minimum atomic E-state index is -1.24. The average molecular weight is 257 g/mol. The lowest BCUT2D eigenvalue weighted by Gasteiger charge is -2.07. The molecule has 0 spiro atoms. The monoisotopic (exact) mass is 257 g/mol. The largest absolute Gasteiger partial charge is 0.508 e. The predicted molar refractivity (Wildman–Crippen MR) is 60.6 cm³/mol. The number of rotatable bonds is 5. The Kier molecular flexibility index (Phi) is 4.91. The van der Waals surface area contributed by atoms with Crippen molar-refractivity contribution in [3.8, 4) is 5.75 Å². The van der Waals surface area contributed by atoms with Gasteiger partial charge in [-0.1, -0.05) is 0 Å². The lowest BCUT2D eigenvalue weighted by atomic mass is 10.2. The van der Waals surface area contributed by atoms with Crippen LogP contribution in [-0.2, 0) is 4.74 Å². The zero-order chi connectivity index (χ0) is 13.5. The smallest absolute Gasteiger partial charge is 0.411 e. The third-order valence-electron chi connectivity index (χ3n) is 1.92. The van der Waals surface area contributed by atoms with E-state index in [1.165, 1.54) is 12.1 Å². The highest BCUT2D eigenvalue weighted by Gasteiger charge is 2.09. The summed E-state index contributed by atoms with van der Waals surface area (Å²) in [4.78, 5) is 21.9. The van der Waals surface area contributed by atoms with Crippen LogP contribution in [0.4, 0.5) is 14.9 Å². The van der Waals surface area contributed by atoms with Crippen molar-refractivity contribution >= 4 is 17.7 Å². The molecule has 98 valence electrons. The van der Waals surface area contributed by atoms with E-state index in [2.05, 4.69) is 10.1 Å². The van der Waals surface area contributed by atoms with Gasteiger partial charge in [0.05, 0.1) is 18.8 Å². The number of halogens is 1. The van der Waals surface area contributed by atoms with Gasteiger partial charge >= 0.3 is 12.1 Å². The van der Waals surface area contributed by atoms with E-state index in [1.807, 2.05) is 0 Å². The number of benzene rings is 1. The molecule has 0 aliphatic heterocycles. The molecule has 0 saturated heterocycles. The van der Waals surface area contributed by atoms with E-state index in [9.17, 15) is 19.1 Å². The molecule has 6 nitrogen and oxygen atoms in total. The van der Waals surface area contributed by atoms with Gasteiger partial charge in [-0.3, -0.25) is 9.71 Å². The number of carbonyl (C=O) groups is 2. The number of aromatic carboxylic acids is 1. The van der Waals surface area contributed by atoms with Crippen molar-refractivity contribution in [2.45, 2.75) is 6.42 Å². The van der Waals surface area contributed by atoms with Crippen LogP contribution in [0.2, 0.25) is 0 Å². The number of anilines is 1. The molecule has 1 aromatic rings. The Labute approximate surface area is 102 Å². The number of hydrogen-bond acceptors (Lipinski definition) is 4. The normalized spacial score (nSPS) is 9.83. The summed E-state index contributed by atoms with van der Waals surface area (Å²) < 4.78 is 16.4. The summed E-state index contributed by atoms with van der Waals surface area (Å²) in [6, 6.07) is 3.38. The Balaban J connectivity index is 2.66. The molecule has 1 aromatic carbocycles. The van der Waals surface area contributed by atoms with Crippen molar-refractivity contribution < 1.29 is 28.9 Å². The molecule has 0 unspecified atom stereocenters. The summed E-state index contributed by atoms with van der Waals surface area (Å²) in [5, 5.41) is 20.2. The molecule has 0 heterocycles. The van der Waals surface area contributed by atoms with Crippen molar-refractivity contribution in [2.24, 2.45) is 0 Å². The van der Waals surface area contributed by atoms with Crippen LogP contribution in [0.3, 0.4) is 0 Å². The molecule has 0 aliphatic carbocycles. The van der Waals surface area contributed by atoms with Gasteiger partial charge in [0, 0.05) is 18.2 Å². The van der Waals surface area contributed by atoms with Crippen LogP contribution in [0.5, 0.6) is 5.75 Å². The van der Waals surface area contributed by atoms with E-state index < -0.39 is 18.7 Å². The van der Waals surface area contributed by atoms with Gasteiger partial charge < -0.3 is 14.9 Å². The minimum absolute atomic E-state index is 0.0765. The predicted octanol–water partition coefficient (Wildman–Crippen LogP) is 2.00. The topological polar surface area (TPSA) is 95.9 Å². The van der Waals surface area contributed by atoms with Crippen molar-refractivity contribution in [3.63, 3.8) is 0 Å². The quantitative estimate of drug-likeness (QED) is 0.701. The second-order valence-corrected chi connectivity index (χ2v) is 3.38. The lowest BCUT2D eigenvalue weighted by molar-refractivity contribution is 0.0696. The molecule has 0 atom stereocenters. The highest BCUT2D eigenvalue weighted by atomic mass is 19.1. The standard InChI is InChI=1S/C11H12FNO5/c12-2-1-3-18-11(17)13-8-4-7(10(15)16)5-9(14)6-8/h4-6,14H,1-3H2,(H,13,17)(H,15,16). The fraction of sp³-hybridized carbons (Fsp3) is 0.273. The van der Waals surface area contributed by atoms with Gasteiger partial charge in [0.1, 0.15) is 5.75 Å². The van der Waals surface area contributed by atoms with E-state index >= 15 is 0 Å². The van der Waals surface area contributed by atoms with Gasteiger partial charge in [0.15, 0.2) is 0 Å². The molecule has 1 amide bonds. The fourth-order valence-corrected chi connectivity index (χ4v) is 1.18. The van der Waals surface area contributed by atoms with Gasteiger partial charge in [-0.15, -0.1) is 0 Å². The van der Waals surface area contributed by atoms with Crippen LogP contribution < -0.4 is 5.32 Å². The maximum Gasteiger partial charge on any atom is 0.411 e. The third kappa shape index (κ3) is 4.28. The number of carbonyl (C=O) groups excluding carboxylic acids is 1. The molecule has 0 saturated carbocycles. The average Bonchev–Trinajstić information content (AvgIpc) is 2.28. The van der Waals surface area contributed by atoms with E-state index in [1.54, 1.807) is 0 Å². The van der Waals surface area contributed by atoms with Crippen LogP contribution in [0.25, 0.3) is 0 Å². The first-order valence-corrected chi connectivity index (χ1v) is 5.10. The first kappa shape index (κ1) is 13.8. The molecule has 18 heavy (non-hydrogen) atoms. The minimum Gasteiger partial charge on any atom is -0.508 e. The summed E-state index contributed by atoms with van der Waals surface area (Å²) in [5.41, 5.74) is -0.0910. The first-order valence-electron chi connectivity index (χ1n) is 5.10. The van der Waals surface area contributed by atoms with Crippen molar-refractivity contribution in [1.29, 1.82) is 0 Å². The van der Waals surface area contributed by atoms with Crippen molar-refractivity contribution in [3.05, 3.63) is 23.8 Å². The first-order chi connectivity index (χ1) is 8.52. The SMILES string of the molecule is O=C(Nc1cc(O)cc(C(=O)O)c1)OCCCF. The number of aromatic hydroxyl groups is 1. The Hall–Kier alpha value is -2.31.